The molecule has 0 saturated carbocycles. The molecule has 0 saturated heterocycles. The summed E-state index contributed by atoms with van der Waals surface area (Å²) in [6.45, 7) is 2.65. The number of benzene rings is 2. The Morgan fingerprint density at radius 3 is 2.64 bits per heavy atom. The summed E-state index contributed by atoms with van der Waals surface area (Å²) >= 11 is 0. The minimum absolute atomic E-state index is 0.669. The lowest BCUT2D eigenvalue weighted by Crippen LogP contribution is -1.90. The summed E-state index contributed by atoms with van der Waals surface area (Å²) in [6.07, 6.45) is 1.80. The first-order chi connectivity index (χ1) is 12.3. The Kier molecular flexibility index (Phi) is 4.09. The predicted molar refractivity (Wildman–Crippen MR) is 101 cm³/mol. The van der Waals surface area contributed by atoms with Gasteiger partial charge in [0.1, 0.15) is 11.4 Å². The fourth-order valence-electron chi connectivity index (χ4n) is 2.81. The third kappa shape index (κ3) is 3.19. The van der Waals surface area contributed by atoms with Crippen LogP contribution in [-0.4, -0.2) is 16.6 Å². The van der Waals surface area contributed by atoms with E-state index >= 15 is 0 Å². The lowest BCUT2D eigenvalue weighted by molar-refractivity contribution is 0.340. The van der Waals surface area contributed by atoms with Crippen molar-refractivity contribution in [1.29, 1.82) is 0 Å². The molecule has 123 valence electrons. The van der Waals surface area contributed by atoms with Gasteiger partial charge < -0.3 is 15.0 Å². The molecular weight excluding hydrogens is 310 g/mol. The predicted octanol–water partition coefficient (Wildman–Crippen LogP) is 5.17. The number of H-pyrrole nitrogens is 1. The Morgan fingerprint density at radius 2 is 1.88 bits per heavy atom. The molecule has 0 aliphatic heterocycles. The number of aromatic nitrogens is 2. The van der Waals surface area contributed by atoms with Crippen LogP contribution >= 0.6 is 0 Å². The number of fused-ring (bicyclic) bond motifs is 1. The standard InChI is InChI=1S/C21H18N3O/c1-2-25-17-10-8-15(9-11-17)20-14-18-19(12-13-22-21(18)24-20)23-16-6-4-3-5-7-16/h4-14H,2H2,1H3,(H2,22,23,24). The van der Waals surface area contributed by atoms with E-state index in [1.807, 2.05) is 49.4 Å². The summed E-state index contributed by atoms with van der Waals surface area (Å²) in [5.74, 6) is 0.878. The van der Waals surface area contributed by atoms with Gasteiger partial charge >= 0.3 is 0 Å². The molecule has 0 fully saturated rings. The normalized spacial score (nSPS) is 10.8. The molecule has 25 heavy (non-hydrogen) atoms. The van der Waals surface area contributed by atoms with Gasteiger partial charge in [0.2, 0.25) is 0 Å². The Morgan fingerprint density at radius 1 is 1.08 bits per heavy atom. The summed E-state index contributed by atoms with van der Waals surface area (Å²) < 4.78 is 5.51. The van der Waals surface area contributed by atoms with Crippen LogP contribution in [0.5, 0.6) is 5.75 Å². The maximum Gasteiger partial charge on any atom is 0.139 e. The second-order valence-electron chi connectivity index (χ2n) is 5.67. The average Bonchev–Trinajstić information content (AvgIpc) is 3.09. The Labute approximate surface area is 146 Å². The number of hydrogen-bond donors (Lipinski definition) is 2. The first-order valence-corrected chi connectivity index (χ1v) is 8.27. The minimum Gasteiger partial charge on any atom is -0.494 e. The van der Waals surface area contributed by atoms with Gasteiger partial charge in [0.05, 0.1) is 12.3 Å². The van der Waals surface area contributed by atoms with Crippen LogP contribution in [0.25, 0.3) is 22.3 Å². The Bertz CT molecular complexity index is 975. The summed E-state index contributed by atoms with van der Waals surface area (Å²) in [7, 11) is 0. The molecule has 0 spiro atoms. The minimum atomic E-state index is 0.669. The molecule has 0 aliphatic carbocycles. The number of aromatic amines is 1. The number of nitrogens with zero attached hydrogens (tertiary/aromatic N) is 1. The van der Waals surface area contributed by atoms with Gasteiger partial charge in [0, 0.05) is 23.0 Å². The van der Waals surface area contributed by atoms with Crippen molar-refractivity contribution >= 4 is 22.4 Å². The van der Waals surface area contributed by atoms with Crippen LogP contribution in [-0.2, 0) is 0 Å². The van der Waals surface area contributed by atoms with Crippen molar-refractivity contribution < 1.29 is 4.74 Å². The molecule has 2 N–H and O–H groups in total. The fraction of sp³-hybridized carbons (Fsp3) is 0.0952. The van der Waals surface area contributed by atoms with Crippen LogP contribution in [0.4, 0.5) is 11.4 Å². The van der Waals surface area contributed by atoms with Crippen LogP contribution in [0.1, 0.15) is 6.92 Å². The van der Waals surface area contributed by atoms with Gasteiger partial charge in [-0.05, 0) is 67.1 Å². The second kappa shape index (κ2) is 6.69. The summed E-state index contributed by atoms with van der Waals surface area (Å²) in [5, 5.41) is 4.49. The number of rotatable bonds is 5. The van der Waals surface area contributed by atoms with Crippen molar-refractivity contribution in [2.75, 3.05) is 11.9 Å². The molecule has 4 aromatic rings. The van der Waals surface area contributed by atoms with E-state index in [1.54, 1.807) is 6.20 Å². The van der Waals surface area contributed by atoms with Gasteiger partial charge in [0.25, 0.3) is 0 Å². The van der Waals surface area contributed by atoms with E-state index in [1.165, 1.54) is 0 Å². The average molecular weight is 328 g/mol. The second-order valence-corrected chi connectivity index (χ2v) is 5.67. The molecule has 4 rings (SSSR count). The number of pyridine rings is 1. The lowest BCUT2D eigenvalue weighted by atomic mass is 10.1. The third-order valence-corrected chi connectivity index (χ3v) is 4.01. The van der Waals surface area contributed by atoms with E-state index in [4.69, 9.17) is 4.74 Å². The lowest BCUT2D eigenvalue weighted by Gasteiger charge is -2.06. The van der Waals surface area contributed by atoms with Crippen molar-refractivity contribution in [3.63, 3.8) is 0 Å². The number of ether oxygens (including phenoxy) is 1. The van der Waals surface area contributed by atoms with E-state index in [0.29, 0.717) is 6.61 Å². The van der Waals surface area contributed by atoms with Crippen molar-refractivity contribution in [1.82, 2.24) is 9.97 Å². The van der Waals surface area contributed by atoms with Gasteiger partial charge in [-0.25, -0.2) is 4.98 Å². The molecule has 4 heteroatoms. The molecule has 4 nitrogen and oxygen atoms in total. The molecule has 1 radical (unpaired) electrons. The van der Waals surface area contributed by atoms with E-state index in [-0.39, 0.29) is 0 Å². The Balaban J connectivity index is 1.69. The SMILES string of the molecule is CCOc1ccc(-c2cc3c(Nc4cc[c]cc4)ccnc3[nH]2)cc1. The van der Waals surface area contributed by atoms with E-state index in [0.717, 1.165) is 39.4 Å². The van der Waals surface area contributed by atoms with Crippen LogP contribution in [0, 0.1) is 6.07 Å². The molecule has 0 amide bonds. The van der Waals surface area contributed by atoms with Gasteiger partial charge in [-0.2, -0.15) is 0 Å². The molecule has 2 aromatic carbocycles. The van der Waals surface area contributed by atoms with E-state index in [2.05, 4.69) is 39.6 Å². The first-order valence-electron chi connectivity index (χ1n) is 8.27. The molecular formula is C21H18N3O. The molecule has 0 bridgehead atoms. The number of hydrogen-bond acceptors (Lipinski definition) is 3. The highest BCUT2D eigenvalue weighted by atomic mass is 16.5. The summed E-state index contributed by atoms with van der Waals surface area (Å²) in [6, 6.07) is 23.0. The van der Waals surface area contributed by atoms with E-state index < -0.39 is 0 Å². The van der Waals surface area contributed by atoms with Crippen LogP contribution in [0.2, 0.25) is 0 Å². The van der Waals surface area contributed by atoms with Crippen molar-refractivity contribution in [2.24, 2.45) is 0 Å². The molecule has 2 aromatic heterocycles. The van der Waals surface area contributed by atoms with Gasteiger partial charge in [0.15, 0.2) is 0 Å². The highest BCUT2D eigenvalue weighted by Crippen LogP contribution is 2.30. The zero-order valence-corrected chi connectivity index (χ0v) is 13.9. The maximum absolute atomic E-state index is 5.51. The van der Waals surface area contributed by atoms with Crippen molar-refractivity contribution in [3.05, 3.63) is 72.9 Å². The van der Waals surface area contributed by atoms with Crippen LogP contribution in [0.15, 0.2) is 66.9 Å². The first kappa shape index (κ1) is 15.3. The molecule has 2 heterocycles. The van der Waals surface area contributed by atoms with Gasteiger partial charge in [-0.15, -0.1) is 0 Å². The number of nitrogens with one attached hydrogen (secondary N) is 2. The monoisotopic (exact) mass is 328 g/mol. The van der Waals surface area contributed by atoms with Crippen LogP contribution in [0.3, 0.4) is 0 Å². The van der Waals surface area contributed by atoms with E-state index in [9.17, 15) is 0 Å². The molecule has 0 aliphatic rings. The zero-order chi connectivity index (χ0) is 17.1. The quantitative estimate of drug-likeness (QED) is 0.531. The molecule has 0 unspecified atom stereocenters. The smallest absolute Gasteiger partial charge is 0.139 e. The highest BCUT2D eigenvalue weighted by molar-refractivity contribution is 5.94. The maximum atomic E-state index is 5.51. The summed E-state index contributed by atoms with van der Waals surface area (Å²) in [5.41, 5.74) is 5.03. The molecule has 0 atom stereocenters. The fourth-order valence-corrected chi connectivity index (χ4v) is 2.81. The number of anilines is 2. The van der Waals surface area contributed by atoms with Crippen molar-refractivity contribution in [2.45, 2.75) is 6.92 Å². The topological polar surface area (TPSA) is 49.9 Å². The summed E-state index contributed by atoms with van der Waals surface area (Å²) in [4.78, 5) is 7.84. The van der Waals surface area contributed by atoms with Crippen molar-refractivity contribution in [3.8, 4) is 17.0 Å². The third-order valence-electron chi connectivity index (χ3n) is 4.01. The van der Waals surface area contributed by atoms with Gasteiger partial charge in [-0.1, -0.05) is 12.1 Å². The van der Waals surface area contributed by atoms with Crippen LogP contribution < -0.4 is 10.1 Å². The zero-order valence-electron chi connectivity index (χ0n) is 13.9. The Hall–Kier alpha value is -3.27. The highest BCUT2D eigenvalue weighted by Gasteiger charge is 2.08. The van der Waals surface area contributed by atoms with Gasteiger partial charge in [-0.3, -0.25) is 0 Å². The largest absolute Gasteiger partial charge is 0.494 e.